The van der Waals surface area contributed by atoms with Crippen LogP contribution in [0.4, 0.5) is 13.2 Å². The molecule has 2 aromatic rings. The van der Waals surface area contributed by atoms with E-state index in [1.807, 2.05) is 0 Å². The number of ether oxygens (including phenoxy) is 1. The van der Waals surface area contributed by atoms with Crippen LogP contribution in [0.5, 0.6) is 0 Å². The number of hydrogen-bond donors (Lipinski definition) is 3. The second-order valence-corrected chi connectivity index (χ2v) is 11.7. The van der Waals surface area contributed by atoms with Gasteiger partial charge in [-0.2, -0.15) is 5.06 Å². The lowest BCUT2D eigenvalue weighted by Crippen LogP contribution is -2.47. The number of aliphatic hydroxyl groups is 1. The van der Waals surface area contributed by atoms with Gasteiger partial charge in [0, 0.05) is 36.8 Å². The van der Waals surface area contributed by atoms with Gasteiger partial charge in [-0.25, -0.2) is 27.7 Å². The van der Waals surface area contributed by atoms with Crippen molar-refractivity contribution in [2.75, 3.05) is 32.8 Å². The molecule has 43 heavy (non-hydrogen) atoms. The molecule has 15 heteroatoms. The molecule has 232 valence electrons. The fourth-order valence-corrected chi connectivity index (χ4v) is 6.18. The highest BCUT2D eigenvalue weighted by Crippen LogP contribution is 2.42. The summed E-state index contributed by atoms with van der Waals surface area (Å²) in [5.74, 6) is -5.64. The topological polar surface area (TPSA) is 137 Å². The van der Waals surface area contributed by atoms with E-state index in [1.54, 1.807) is 31.5 Å². The molecule has 0 amide bonds. The lowest BCUT2D eigenvalue weighted by atomic mass is 9.92. The standard InChI is InChI=1S/C28H32F3N5O6S/c1-4-41-25(37)20-18(33-23(24-32-9-11-43-24)34-21(20)16-6-5-7-17(29)15(16)2)12-35-14-28(30,31)22-19(35)13-42-36(22)10-8-27(3,40)26(38)39/h5-7,9,11,19,21-22,40H,4,8,10,12-14H2,1-3H3,(H,33,34)(H,38,39)/t19-,21+,22+,27+/m1/s1. The number of aliphatic imine (C=N–C) groups is 1. The van der Waals surface area contributed by atoms with Gasteiger partial charge < -0.3 is 20.3 Å². The van der Waals surface area contributed by atoms with Crippen LogP contribution in [0.2, 0.25) is 0 Å². The van der Waals surface area contributed by atoms with Crippen molar-refractivity contribution in [1.29, 1.82) is 0 Å². The Hall–Kier alpha value is -3.37. The second kappa shape index (κ2) is 12.0. The van der Waals surface area contributed by atoms with Crippen LogP contribution in [0.25, 0.3) is 0 Å². The van der Waals surface area contributed by atoms with Gasteiger partial charge >= 0.3 is 11.9 Å². The number of aliphatic carboxylic acids is 1. The number of fused-ring (bicyclic) bond motifs is 1. The molecule has 0 spiro atoms. The van der Waals surface area contributed by atoms with E-state index in [0.29, 0.717) is 16.4 Å². The summed E-state index contributed by atoms with van der Waals surface area (Å²) in [6.07, 6.45) is 1.25. The van der Waals surface area contributed by atoms with E-state index in [2.05, 4.69) is 10.3 Å². The molecule has 4 atom stereocenters. The lowest BCUT2D eigenvalue weighted by molar-refractivity contribution is -0.190. The van der Waals surface area contributed by atoms with Crippen LogP contribution in [0.1, 0.15) is 42.4 Å². The molecule has 0 radical (unpaired) electrons. The van der Waals surface area contributed by atoms with Gasteiger partial charge in [0.1, 0.15) is 17.9 Å². The van der Waals surface area contributed by atoms with Gasteiger partial charge in [0.25, 0.3) is 5.92 Å². The Labute approximate surface area is 249 Å². The molecule has 3 aliphatic rings. The highest BCUT2D eigenvalue weighted by molar-refractivity contribution is 7.11. The van der Waals surface area contributed by atoms with Crippen molar-refractivity contribution in [3.05, 3.63) is 63.0 Å². The van der Waals surface area contributed by atoms with Crippen LogP contribution >= 0.6 is 11.3 Å². The molecule has 0 unspecified atom stereocenters. The molecule has 11 nitrogen and oxygen atoms in total. The van der Waals surface area contributed by atoms with Gasteiger partial charge in [-0.3, -0.25) is 14.7 Å². The Balaban J connectivity index is 1.51. The van der Waals surface area contributed by atoms with Crippen molar-refractivity contribution in [2.45, 2.75) is 56.8 Å². The number of hydrogen-bond acceptors (Lipinski definition) is 11. The SMILES string of the molecule is CCOC(=O)C1=C(CN2CC(F)(F)[C@@H]3[C@H]2CON3CC[C@](C)(O)C(=O)O)NC(c2nccs2)=N[C@H]1c1cccc(F)c1C. The third-order valence-corrected chi connectivity index (χ3v) is 8.68. The summed E-state index contributed by atoms with van der Waals surface area (Å²) in [7, 11) is 0. The number of nitrogens with zero attached hydrogens (tertiary/aromatic N) is 4. The molecule has 0 saturated carbocycles. The smallest absolute Gasteiger partial charge is 0.338 e. The van der Waals surface area contributed by atoms with Gasteiger partial charge in [-0.15, -0.1) is 11.3 Å². The normalized spacial score (nSPS) is 25.2. The van der Waals surface area contributed by atoms with Gasteiger partial charge in [0.05, 0.1) is 31.4 Å². The Morgan fingerprint density at radius 1 is 1.35 bits per heavy atom. The summed E-state index contributed by atoms with van der Waals surface area (Å²) >= 11 is 1.28. The monoisotopic (exact) mass is 623 g/mol. The van der Waals surface area contributed by atoms with Crippen molar-refractivity contribution in [1.82, 2.24) is 20.3 Å². The minimum absolute atomic E-state index is 0.0446. The highest BCUT2D eigenvalue weighted by atomic mass is 32.1. The molecule has 0 bridgehead atoms. The molecule has 5 rings (SSSR count). The van der Waals surface area contributed by atoms with E-state index in [4.69, 9.17) is 14.6 Å². The van der Waals surface area contributed by atoms with Gasteiger partial charge in [-0.1, -0.05) is 12.1 Å². The largest absolute Gasteiger partial charge is 0.479 e. The first-order chi connectivity index (χ1) is 20.3. The van der Waals surface area contributed by atoms with Crippen molar-refractivity contribution in [3.63, 3.8) is 0 Å². The van der Waals surface area contributed by atoms with Crippen molar-refractivity contribution in [3.8, 4) is 0 Å². The van der Waals surface area contributed by atoms with Crippen LogP contribution in [-0.2, 0) is 19.2 Å². The number of amidine groups is 1. The average Bonchev–Trinajstić information content (AvgIpc) is 3.68. The van der Waals surface area contributed by atoms with Gasteiger partial charge in [-0.05, 0) is 38.0 Å². The molecule has 2 saturated heterocycles. The minimum atomic E-state index is -3.26. The number of carbonyl (C=O) groups is 2. The quantitative estimate of drug-likeness (QED) is 0.339. The molecule has 0 aliphatic carbocycles. The van der Waals surface area contributed by atoms with E-state index < -0.39 is 53.9 Å². The van der Waals surface area contributed by atoms with Crippen molar-refractivity contribution in [2.24, 2.45) is 4.99 Å². The number of thiazole rings is 1. The molecule has 3 aliphatic heterocycles. The number of halogens is 3. The Bertz CT molecular complexity index is 1450. The van der Waals surface area contributed by atoms with Crippen LogP contribution < -0.4 is 5.32 Å². The first kappa shape index (κ1) is 31.1. The number of aromatic nitrogens is 1. The van der Waals surface area contributed by atoms with Crippen LogP contribution in [-0.4, -0.2) is 99.4 Å². The highest BCUT2D eigenvalue weighted by Gasteiger charge is 2.61. The third-order valence-electron chi connectivity index (χ3n) is 7.90. The predicted molar refractivity (Wildman–Crippen MR) is 149 cm³/mol. The summed E-state index contributed by atoms with van der Waals surface area (Å²) in [5.41, 5.74) is -1.09. The van der Waals surface area contributed by atoms with E-state index in [-0.39, 0.29) is 49.6 Å². The number of benzene rings is 1. The summed E-state index contributed by atoms with van der Waals surface area (Å²) in [5, 5.41) is 25.7. The van der Waals surface area contributed by atoms with Gasteiger partial charge in [0.15, 0.2) is 16.4 Å². The maximum atomic E-state index is 15.5. The lowest BCUT2D eigenvalue weighted by Gasteiger charge is -2.31. The molecule has 2 fully saturated rings. The van der Waals surface area contributed by atoms with Crippen LogP contribution in [0.15, 0.2) is 46.0 Å². The predicted octanol–water partition coefficient (Wildman–Crippen LogP) is 2.66. The number of carboxylic acids is 1. The van der Waals surface area contributed by atoms with Gasteiger partial charge in [0.2, 0.25) is 0 Å². The van der Waals surface area contributed by atoms with E-state index in [9.17, 15) is 24.2 Å². The number of rotatable bonds is 10. The van der Waals surface area contributed by atoms with E-state index in [0.717, 1.165) is 12.0 Å². The number of likely N-dealkylation sites (tertiary alicyclic amines) is 1. The summed E-state index contributed by atoms with van der Waals surface area (Å²) in [6, 6.07) is 1.23. The summed E-state index contributed by atoms with van der Waals surface area (Å²) in [4.78, 5) is 40.8. The van der Waals surface area contributed by atoms with Crippen LogP contribution in [0.3, 0.4) is 0 Å². The zero-order valence-electron chi connectivity index (χ0n) is 23.7. The first-order valence-electron chi connectivity index (χ1n) is 13.7. The van der Waals surface area contributed by atoms with Crippen LogP contribution in [0, 0.1) is 12.7 Å². The maximum Gasteiger partial charge on any atom is 0.338 e. The zero-order chi connectivity index (χ0) is 31.1. The van der Waals surface area contributed by atoms with Crippen molar-refractivity contribution < 1.29 is 42.5 Å². The third kappa shape index (κ3) is 6.04. The minimum Gasteiger partial charge on any atom is -0.479 e. The van der Waals surface area contributed by atoms with E-state index >= 15 is 8.78 Å². The number of nitrogens with one attached hydrogen (secondary N) is 1. The molecule has 3 N–H and O–H groups in total. The zero-order valence-corrected chi connectivity index (χ0v) is 24.5. The Kier molecular flexibility index (Phi) is 8.64. The fourth-order valence-electron chi connectivity index (χ4n) is 5.59. The number of carbonyl (C=O) groups excluding carboxylic acids is 1. The Morgan fingerprint density at radius 3 is 2.79 bits per heavy atom. The molecular weight excluding hydrogens is 591 g/mol. The summed E-state index contributed by atoms with van der Waals surface area (Å²) in [6.45, 7) is 3.18. The number of alkyl halides is 2. The molecule has 1 aromatic carbocycles. The Morgan fingerprint density at radius 2 is 2.12 bits per heavy atom. The summed E-state index contributed by atoms with van der Waals surface area (Å²) < 4.78 is 51.1. The molecule has 4 heterocycles. The fraction of sp³-hybridized carbons (Fsp3) is 0.500. The molecular formula is C28H32F3N5O6S. The average molecular weight is 624 g/mol. The van der Waals surface area contributed by atoms with E-state index in [1.165, 1.54) is 28.4 Å². The van der Waals surface area contributed by atoms with Crippen molar-refractivity contribution >= 4 is 29.1 Å². The number of hydroxylamine groups is 2. The first-order valence-corrected chi connectivity index (χ1v) is 14.6. The second-order valence-electron chi connectivity index (χ2n) is 10.9. The number of carboxylic acid groups (broad SMARTS) is 1. The number of esters is 1. The molecule has 1 aromatic heterocycles. The maximum absolute atomic E-state index is 15.5.